The van der Waals surface area contributed by atoms with Crippen LogP contribution in [0.25, 0.3) is 0 Å². The minimum Gasteiger partial charge on any atom is -0.504 e. The summed E-state index contributed by atoms with van der Waals surface area (Å²) >= 11 is 0. The van der Waals surface area contributed by atoms with Crippen LogP contribution in [0.1, 0.15) is 28.2 Å². The van der Waals surface area contributed by atoms with Gasteiger partial charge in [-0.05, 0) is 30.2 Å². The maximum Gasteiger partial charge on any atom is 0.201 e. The molecule has 0 saturated carbocycles. The maximum absolute atomic E-state index is 10.0. The number of benzene rings is 2. The smallest absolute Gasteiger partial charge is 0.201 e. The molecule has 4 rings (SSSR count). The zero-order valence-electron chi connectivity index (χ0n) is 11.1. The second-order valence-electron chi connectivity index (χ2n) is 5.41. The number of phenolic OH excluding ortho intramolecular Hbond substituents is 2. The van der Waals surface area contributed by atoms with Gasteiger partial charge < -0.3 is 20.3 Å². The molecule has 3 N–H and O–H groups in total. The Kier molecular flexibility index (Phi) is 2.26. The summed E-state index contributed by atoms with van der Waals surface area (Å²) in [6, 6.07) is 7.33. The fourth-order valence-corrected chi connectivity index (χ4v) is 3.23. The van der Waals surface area contributed by atoms with Gasteiger partial charge in [0.1, 0.15) is 5.75 Å². The SMILES string of the molecule is Cc1ccc2c3c1CNCC3c1ccc(O)c(O)c1O2. The van der Waals surface area contributed by atoms with Crippen LogP contribution < -0.4 is 10.1 Å². The molecule has 0 fully saturated rings. The highest BCUT2D eigenvalue weighted by molar-refractivity contribution is 5.65. The van der Waals surface area contributed by atoms with Crippen LogP contribution in [0.2, 0.25) is 0 Å². The monoisotopic (exact) mass is 269 g/mol. The van der Waals surface area contributed by atoms with Crippen LogP contribution >= 0.6 is 0 Å². The fourth-order valence-electron chi connectivity index (χ4n) is 3.23. The molecular weight excluding hydrogens is 254 g/mol. The molecule has 2 aromatic rings. The zero-order valence-corrected chi connectivity index (χ0v) is 11.1. The molecule has 2 aromatic carbocycles. The van der Waals surface area contributed by atoms with Crippen molar-refractivity contribution in [1.82, 2.24) is 5.32 Å². The van der Waals surface area contributed by atoms with Crippen molar-refractivity contribution in [3.05, 3.63) is 46.5 Å². The molecule has 0 spiro atoms. The first-order valence-electron chi connectivity index (χ1n) is 6.72. The Morgan fingerprint density at radius 3 is 2.90 bits per heavy atom. The molecule has 0 bridgehead atoms. The van der Waals surface area contributed by atoms with E-state index in [4.69, 9.17) is 4.74 Å². The number of rotatable bonds is 0. The van der Waals surface area contributed by atoms with Gasteiger partial charge in [0, 0.05) is 30.1 Å². The number of nitrogens with one attached hydrogen (secondary N) is 1. The van der Waals surface area contributed by atoms with Gasteiger partial charge in [0.25, 0.3) is 0 Å². The average Bonchev–Trinajstić information content (AvgIpc) is 2.47. The quantitative estimate of drug-likeness (QED) is 0.644. The Labute approximate surface area is 116 Å². The van der Waals surface area contributed by atoms with Crippen molar-refractivity contribution in [3.8, 4) is 23.0 Å². The van der Waals surface area contributed by atoms with Crippen LogP contribution in [0.15, 0.2) is 24.3 Å². The molecule has 0 saturated heterocycles. The summed E-state index contributed by atoms with van der Waals surface area (Å²) in [6.45, 7) is 3.75. The Morgan fingerprint density at radius 2 is 2.05 bits per heavy atom. The Bertz CT molecular complexity index is 724. The second-order valence-corrected chi connectivity index (χ2v) is 5.41. The van der Waals surface area contributed by atoms with Crippen molar-refractivity contribution >= 4 is 0 Å². The lowest BCUT2D eigenvalue weighted by Crippen LogP contribution is -2.31. The summed E-state index contributed by atoms with van der Waals surface area (Å²) in [5.41, 5.74) is 4.65. The number of aryl methyl sites for hydroxylation is 1. The number of ether oxygens (including phenoxy) is 1. The Morgan fingerprint density at radius 1 is 1.20 bits per heavy atom. The van der Waals surface area contributed by atoms with Gasteiger partial charge in [0.2, 0.25) is 5.75 Å². The first-order valence-corrected chi connectivity index (χ1v) is 6.72. The van der Waals surface area contributed by atoms with E-state index in [9.17, 15) is 10.2 Å². The predicted octanol–water partition coefficient (Wildman–Crippen LogP) is 2.75. The predicted molar refractivity (Wildman–Crippen MR) is 74.6 cm³/mol. The number of phenols is 2. The van der Waals surface area contributed by atoms with Crippen molar-refractivity contribution < 1.29 is 14.9 Å². The second kappa shape index (κ2) is 3.90. The Hall–Kier alpha value is -2.20. The van der Waals surface area contributed by atoms with Crippen molar-refractivity contribution in [2.45, 2.75) is 19.4 Å². The fraction of sp³-hybridized carbons (Fsp3) is 0.250. The first kappa shape index (κ1) is 11.6. The van der Waals surface area contributed by atoms with Crippen LogP contribution in [0.5, 0.6) is 23.0 Å². The number of hydrogen-bond acceptors (Lipinski definition) is 4. The lowest BCUT2D eigenvalue weighted by atomic mass is 9.81. The van der Waals surface area contributed by atoms with E-state index < -0.39 is 0 Å². The van der Waals surface area contributed by atoms with E-state index in [0.29, 0.717) is 5.75 Å². The van der Waals surface area contributed by atoms with E-state index in [2.05, 4.69) is 12.2 Å². The molecule has 0 radical (unpaired) electrons. The molecule has 2 aliphatic heterocycles. The first-order chi connectivity index (χ1) is 9.66. The molecule has 20 heavy (non-hydrogen) atoms. The maximum atomic E-state index is 10.0. The third kappa shape index (κ3) is 1.40. The lowest BCUT2D eigenvalue weighted by Gasteiger charge is -2.34. The van der Waals surface area contributed by atoms with E-state index in [1.165, 1.54) is 22.8 Å². The van der Waals surface area contributed by atoms with E-state index in [1.54, 1.807) is 0 Å². The number of aromatic hydroxyl groups is 2. The molecule has 4 nitrogen and oxygen atoms in total. The van der Waals surface area contributed by atoms with E-state index in [-0.39, 0.29) is 17.4 Å². The van der Waals surface area contributed by atoms with Crippen LogP contribution in [0, 0.1) is 6.92 Å². The molecule has 0 aromatic heterocycles. The minimum atomic E-state index is -0.180. The molecule has 0 amide bonds. The molecule has 1 unspecified atom stereocenters. The molecule has 2 aliphatic rings. The topological polar surface area (TPSA) is 61.7 Å². The third-order valence-corrected chi connectivity index (χ3v) is 4.28. The summed E-state index contributed by atoms with van der Waals surface area (Å²) in [5, 5.41) is 23.1. The van der Waals surface area contributed by atoms with Gasteiger partial charge in [-0.3, -0.25) is 0 Å². The van der Waals surface area contributed by atoms with Gasteiger partial charge in [-0.15, -0.1) is 0 Å². The highest BCUT2D eigenvalue weighted by Gasteiger charge is 2.34. The summed E-state index contributed by atoms with van der Waals surface area (Å²) in [5.74, 6) is 0.986. The molecule has 102 valence electrons. The van der Waals surface area contributed by atoms with Crippen LogP contribution in [0.4, 0.5) is 0 Å². The summed E-state index contributed by atoms with van der Waals surface area (Å²) in [7, 11) is 0. The van der Waals surface area contributed by atoms with Gasteiger partial charge in [-0.1, -0.05) is 12.1 Å². The third-order valence-electron chi connectivity index (χ3n) is 4.28. The van der Waals surface area contributed by atoms with Crippen LogP contribution in [0.3, 0.4) is 0 Å². The lowest BCUT2D eigenvalue weighted by molar-refractivity contribution is 0.357. The highest BCUT2D eigenvalue weighted by Crippen LogP contribution is 2.52. The van der Waals surface area contributed by atoms with Crippen molar-refractivity contribution in [3.63, 3.8) is 0 Å². The van der Waals surface area contributed by atoms with E-state index in [0.717, 1.165) is 24.4 Å². The van der Waals surface area contributed by atoms with Crippen LogP contribution in [-0.2, 0) is 6.54 Å². The minimum absolute atomic E-state index is 0.150. The van der Waals surface area contributed by atoms with Gasteiger partial charge in [0.15, 0.2) is 11.5 Å². The Balaban J connectivity index is 2.00. The summed E-state index contributed by atoms with van der Waals surface area (Å²) in [4.78, 5) is 0. The number of hydrogen-bond donors (Lipinski definition) is 3. The van der Waals surface area contributed by atoms with E-state index >= 15 is 0 Å². The van der Waals surface area contributed by atoms with Crippen molar-refractivity contribution in [1.29, 1.82) is 0 Å². The zero-order chi connectivity index (χ0) is 13.9. The molecule has 1 atom stereocenters. The van der Waals surface area contributed by atoms with E-state index in [1.807, 2.05) is 18.2 Å². The molecule has 0 aliphatic carbocycles. The number of fused-ring (bicyclic) bond motifs is 2. The van der Waals surface area contributed by atoms with Crippen molar-refractivity contribution in [2.75, 3.05) is 6.54 Å². The average molecular weight is 269 g/mol. The van der Waals surface area contributed by atoms with Gasteiger partial charge in [-0.2, -0.15) is 0 Å². The summed E-state index contributed by atoms with van der Waals surface area (Å²) < 4.78 is 5.85. The van der Waals surface area contributed by atoms with Crippen LogP contribution in [-0.4, -0.2) is 16.8 Å². The van der Waals surface area contributed by atoms with Gasteiger partial charge >= 0.3 is 0 Å². The van der Waals surface area contributed by atoms with Gasteiger partial charge in [0.05, 0.1) is 0 Å². The van der Waals surface area contributed by atoms with Crippen molar-refractivity contribution in [2.24, 2.45) is 0 Å². The molecule has 4 heteroatoms. The van der Waals surface area contributed by atoms with Gasteiger partial charge in [-0.25, -0.2) is 0 Å². The summed E-state index contributed by atoms with van der Waals surface area (Å²) in [6.07, 6.45) is 0. The normalized spacial score (nSPS) is 18.9. The largest absolute Gasteiger partial charge is 0.504 e. The standard InChI is InChI=1S/C16H15NO3/c1-8-2-5-13-14-10(8)6-17-7-11(14)9-3-4-12(18)15(19)16(9)20-13/h2-5,11,17-19H,6-7H2,1H3. The highest BCUT2D eigenvalue weighted by atomic mass is 16.5. The molecular formula is C16H15NO3. The molecule has 2 heterocycles.